The third kappa shape index (κ3) is 19.2. The summed E-state index contributed by atoms with van der Waals surface area (Å²) in [6.07, 6.45) is 27.1. The highest BCUT2D eigenvalue weighted by Gasteiger charge is 2.20. The first kappa shape index (κ1) is 30.2. The van der Waals surface area contributed by atoms with Crippen molar-refractivity contribution in [2.75, 3.05) is 13.2 Å². The van der Waals surface area contributed by atoms with Crippen molar-refractivity contribution in [2.45, 2.75) is 142 Å². The van der Waals surface area contributed by atoms with Crippen LogP contribution in [0.25, 0.3) is 0 Å². The van der Waals surface area contributed by atoms with Crippen molar-refractivity contribution in [1.82, 2.24) is 0 Å². The second-order valence-electron chi connectivity index (χ2n) is 9.85. The van der Waals surface area contributed by atoms with Gasteiger partial charge in [-0.3, -0.25) is 0 Å². The van der Waals surface area contributed by atoms with E-state index in [4.69, 9.17) is 9.31 Å². The lowest BCUT2D eigenvalue weighted by Crippen LogP contribution is -2.37. The Morgan fingerprint density at radius 3 is 1.15 bits per heavy atom. The minimum absolute atomic E-state index is 0.205. The summed E-state index contributed by atoms with van der Waals surface area (Å²) in [6, 6.07) is 10.5. The molecule has 0 saturated carbocycles. The summed E-state index contributed by atoms with van der Waals surface area (Å²) in [4.78, 5) is 0. The van der Waals surface area contributed by atoms with Crippen molar-refractivity contribution < 1.29 is 9.31 Å². The van der Waals surface area contributed by atoms with Crippen LogP contribution in [0, 0.1) is 0 Å². The van der Waals surface area contributed by atoms with E-state index >= 15 is 0 Å². The molecule has 0 spiro atoms. The first-order valence-electron chi connectivity index (χ1n) is 14.7. The monoisotopic (exact) mass is 458 g/mol. The van der Waals surface area contributed by atoms with Gasteiger partial charge in [0.15, 0.2) is 0 Å². The second kappa shape index (κ2) is 24.3. The largest absolute Gasteiger partial charge is 0.493 e. The van der Waals surface area contributed by atoms with Crippen LogP contribution in [0.15, 0.2) is 30.3 Å². The van der Waals surface area contributed by atoms with Crippen LogP contribution < -0.4 is 5.46 Å². The van der Waals surface area contributed by atoms with Crippen LogP contribution in [-0.4, -0.2) is 20.3 Å². The Hall–Kier alpha value is -0.795. The topological polar surface area (TPSA) is 18.5 Å². The molecule has 0 N–H and O–H groups in total. The Bertz CT molecular complexity index is 467. The Balaban J connectivity index is 2.07. The molecule has 0 heterocycles. The maximum atomic E-state index is 6.17. The molecule has 0 saturated heterocycles. The van der Waals surface area contributed by atoms with E-state index in [-0.39, 0.29) is 7.12 Å². The zero-order valence-corrected chi connectivity index (χ0v) is 22.3. The smallest absolute Gasteiger partial charge is 0.407 e. The van der Waals surface area contributed by atoms with E-state index in [1.54, 1.807) is 0 Å². The van der Waals surface area contributed by atoms with E-state index in [0.717, 1.165) is 31.5 Å². The summed E-state index contributed by atoms with van der Waals surface area (Å²) in [7, 11) is -0.205. The molecule has 1 rings (SSSR count). The van der Waals surface area contributed by atoms with E-state index < -0.39 is 0 Å². The van der Waals surface area contributed by atoms with Gasteiger partial charge in [0.05, 0.1) is 0 Å². The van der Waals surface area contributed by atoms with Gasteiger partial charge in [0.1, 0.15) is 0 Å². The first-order chi connectivity index (χ1) is 16.4. The maximum Gasteiger partial charge on any atom is 0.493 e. The molecule has 0 aromatic heterocycles. The van der Waals surface area contributed by atoms with Crippen molar-refractivity contribution in [3.05, 3.63) is 30.3 Å². The van der Waals surface area contributed by atoms with E-state index in [9.17, 15) is 0 Å². The molecule has 0 bridgehead atoms. The minimum atomic E-state index is -0.205. The summed E-state index contributed by atoms with van der Waals surface area (Å²) in [6.45, 7) is 6.17. The number of unbranched alkanes of at least 4 members (excludes halogenated alkanes) is 18. The van der Waals surface area contributed by atoms with Gasteiger partial charge in [-0.05, 0) is 18.3 Å². The summed E-state index contributed by atoms with van der Waals surface area (Å²) >= 11 is 0. The third-order valence-corrected chi connectivity index (χ3v) is 6.61. The molecule has 3 heteroatoms. The fraction of sp³-hybridized carbons (Fsp3) is 0.800. The molecule has 33 heavy (non-hydrogen) atoms. The average Bonchev–Trinajstić information content (AvgIpc) is 2.85. The van der Waals surface area contributed by atoms with Gasteiger partial charge in [-0.15, -0.1) is 0 Å². The van der Waals surface area contributed by atoms with Crippen molar-refractivity contribution in [3.8, 4) is 0 Å². The molecule has 0 aliphatic rings. The Morgan fingerprint density at radius 1 is 0.455 bits per heavy atom. The number of hydrogen-bond donors (Lipinski definition) is 0. The van der Waals surface area contributed by atoms with Gasteiger partial charge < -0.3 is 9.31 Å². The molecule has 190 valence electrons. The molecule has 0 aliphatic heterocycles. The highest BCUT2D eigenvalue weighted by Crippen LogP contribution is 2.12. The van der Waals surface area contributed by atoms with Crippen LogP contribution >= 0.6 is 0 Å². The standard InChI is InChI=1S/C30H55BO2/c1-3-5-7-9-11-13-15-17-19-24-28-32-31(30-26-22-21-23-27-30)33-29-25-20-18-16-14-12-10-8-6-4-2/h21-23,26-27H,3-20,24-25,28-29H2,1-2H3. The Morgan fingerprint density at radius 2 is 0.788 bits per heavy atom. The van der Waals surface area contributed by atoms with Crippen molar-refractivity contribution in [1.29, 1.82) is 0 Å². The zero-order valence-electron chi connectivity index (χ0n) is 22.3. The quantitative estimate of drug-likeness (QED) is 0.107. The molecule has 1 aromatic rings. The normalized spacial score (nSPS) is 11.2. The van der Waals surface area contributed by atoms with E-state index in [2.05, 4.69) is 44.2 Å². The van der Waals surface area contributed by atoms with Gasteiger partial charge in [-0.1, -0.05) is 160 Å². The first-order valence-corrected chi connectivity index (χ1v) is 14.7. The number of hydrogen-bond acceptors (Lipinski definition) is 2. The number of rotatable bonds is 25. The molecule has 0 fully saturated rings. The van der Waals surface area contributed by atoms with Crippen molar-refractivity contribution >= 4 is 12.6 Å². The van der Waals surface area contributed by atoms with Gasteiger partial charge in [0.25, 0.3) is 0 Å². The van der Waals surface area contributed by atoms with E-state index in [1.807, 2.05) is 0 Å². The number of benzene rings is 1. The molecule has 0 aliphatic carbocycles. The Kier molecular flexibility index (Phi) is 22.3. The van der Waals surface area contributed by atoms with Crippen LogP contribution in [0.3, 0.4) is 0 Å². The van der Waals surface area contributed by atoms with Crippen LogP contribution in [0.4, 0.5) is 0 Å². The summed E-state index contributed by atoms with van der Waals surface area (Å²) in [5.74, 6) is 0. The lowest BCUT2D eigenvalue weighted by Gasteiger charge is -2.15. The predicted octanol–water partition coefficient (Wildman–Crippen LogP) is 9.26. The highest BCUT2D eigenvalue weighted by molar-refractivity contribution is 6.61. The lowest BCUT2D eigenvalue weighted by molar-refractivity contribution is 0.199. The molecular weight excluding hydrogens is 403 g/mol. The molecule has 2 nitrogen and oxygen atoms in total. The molecule has 0 amide bonds. The van der Waals surface area contributed by atoms with Crippen molar-refractivity contribution in [2.24, 2.45) is 0 Å². The van der Waals surface area contributed by atoms with Gasteiger partial charge in [0, 0.05) is 13.2 Å². The van der Waals surface area contributed by atoms with Crippen LogP contribution in [0.5, 0.6) is 0 Å². The van der Waals surface area contributed by atoms with Gasteiger partial charge >= 0.3 is 7.12 Å². The summed E-state index contributed by atoms with van der Waals surface area (Å²) in [5, 5.41) is 0. The van der Waals surface area contributed by atoms with E-state index in [1.165, 1.54) is 116 Å². The average molecular weight is 459 g/mol. The minimum Gasteiger partial charge on any atom is -0.407 e. The van der Waals surface area contributed by atoms with Crippen LogP contribution in [0.2, 0.25) is 0 Å². The van der Waals surface area contributed by atoms with Gasteiger partial charge in [0.2, 0.25) is 0 Å². The summed E-state index contributed by atoms with van der Waals surface area (Å²) in [5.41, 5.74) is 1.15. The molecule has 0 unspecified atom stereocenters. The second-order valence-corrected chi connectivity index (χ2v) is 9.85. The maximum absolute atomic E-state index is 6.17. The van der Waals surface area contributed by atoms with Crippen LogP contribution in [0.1, 0.15) is 142 Å². The van der Waals surface area contributed by atoms with E-state index in [0.29, 0.717) is 0 Å². The van der Waals surface area contributed by atoms with Gasteiger partial charge in [-0.25, -0.2) is 0 Å². The Labute approximate surface area is 207 Å². The third-order valence-electron chi connectivity index (χ3n) is 6.61. The zero-order chi connectivity index (χ0) is 23.7. The molecular formula is C30H55BO2. The molecule has 0 radical (unpaired) electrons. The van der Waals surface area contributed by atoms with Crippen LogP contribution in [-0.2, 0) is 9.31 Å². The van der Waals surface area contributed by atoms with Gasteiger partial charge in [-0.2, -0.15) is 0 Å². The fourth-order valence-electron chi connectivity index (χ4n) is 4.41. The SMILES string of the molecule is CCCCCCCCCCCCOB(OCCCCCCCCCCCC)c1ccccc1. The van der Waals surface area contributed by atoms with Crippen molar-refractivity contribution in [3.63, 3.8) is 0 Å². The highest BCUT2D eigenvalue weighted by atomic mass is 16.6. The molecule has 0 atom stereocenters. The fourth-order valence-corrected chi connectivity index (χ4v) is 4.41. The molecule has 1 aromatic carbocycles. The predicted molar refractivity (Wildman–Crippen MR) is 147 cm³/mol. The summed E-state index contributed by atoms with van der Waals surface area (Å²) < 4.78 is 12.3. The lowest BCUT2D eigenvalue weighted by atomic mass is 9.79.